The molecule has 106 valence electrons. The third kappa shape index (κ3) is 2.45. The van der Waals surface area contributed by atoms with Gasteiger partial charge in [-0.15, -0.1) is 0 Å². The van der Waals surface area contributed by atoms with Crippen molar-refractivity contribution in [2.24, 2.45) is 11.7 Å². The van der Waals surface area contributed by atoms with Gasteiger partial charge in [0.1, 0.15) is 0 Å². The molecule has 2 fully saturated rings. The fourth-order valence-corrected chi connectivity index (χ4v) is 4.20. The van der Waals surface area contributed by atoms with E-state index in [0.29, 0.717) is 12.0 Å². The molecule has 0 bridgehead atoms. The van der Waals surface area contributed by atoms with Gasteiger partial charge in [0, 0.05) is 24.2 Å². The third-order valence-corrected chi connectivity index (χ3v) is 5.58. The van der Waals surface area contributed by atoms with Crippen LogP contribution in [-0.4, -0.2) is 42.8 Å². The Morgan fingerprint density at radius 2 is 1.94 bits per heavy atom. The summed E-state index contributed by atoms with van der Waals surface area (Å²) in [5.41, 5.74) is 6.81. The Kier molecular flexibility index (Phi) is 4.05. The minimum Gasteiger partial charge on any atom is -0.383 e. The lowest BCUT2D eigenvalue weighted by Gasteiger charge is -2.54. The van der Waals surface area contributed by atoms with Crippen molar-refractivity contribution < 1.29 is 4.74 Å². The monoisotopic (exact) mass is 254 g/mol. The lowest BCUT2D eigenvalue weighted by molar-refractivity contribution is -0.0585. The Morgan fingerprint density at radius 1 is 1.22 bits per heavy atom. The summed E-state index contributed by atoms with van der Waals surface area (Å²) in [7, 11) is 4.09. The first-order chi connectivity index (χ1) is 8.41. The van der Waals surface area contributed by atoms with Gasteiger partial charge in [0.2, 0.25) is 0 Å². The number of ether oxygens (including phenoxy) is 1. The number of piperidine rings is 1. The van der Waals surface area contributed by atoms with Gasteiger partial charge in [0.15, 0.2) is 0 Å². The Labute approximate surface area is 112 Å². The summed E-state index contributed by atoms with van der Waals surface area (Å²) in [6.45, 7) is 5.43. The molecule has 0 aromatic rings. The van der Waals surface area contributed by atoms with Crippen LogP contribution < -0.4 is 5.73 Å². The molecule has 0 spiro atoms. The largest absolute Gasteiger partial charge is 0.383 e. The summed E-state index contributed by atoms with van der Waals surface area (Å²) < 4.78 is 5.44. The molecule has 0 amide bonds. The van der Waals surface area contributed by atoms with Crippen LogP contribution in [0.15, 0.2) is 0 Å². The van der Waals surface area contributed by atoms with Crippen molar-refractivity contribution >= 4 is 0 Å². The zero-order chi connectivity index (χ0) is 13.4. The highest BCUT2D eigenvalue weighted by Gasteiger charge is 2.48. The predicted molar refractivity (Wildman–Crippen MR) is 75.6 cm³/mol. The number of methoxy groups -OCH3 is 1. The van der Waals surface area contributed by atoms with E-state index in [0.717, 1.165) is 6.61 Å². The second kappa shape index (κ2) is 5.10. The lowest BCUT2D eigenvalue weighted by atomic mass is 9.70. The molecule has 1 aliphatic heterocycles. The van der Waals surface area contributed by atoms with Crippen molar-refractivity contribution in [3.05, 3.63) is 0 Å². The van der Waals surface area contributed by atoms with Gasteiger partial charge in [-0.1, -0.05) is 12.8 Å². The maximum Gasteiger partial charge on any atom is 0.0643 e. The first-order valence-electron chi connectivity index (χ1n) is 7.41. The first kappa shape index (κ1) is 14.3. The Hall–Kier alpha value is -0.120. The molecule has 0 radical (unpaired) electrons. The summed E-state index contributed by atoms with van der Waals surface area (Å²) in [4.78, 5) is 2.57. The second-order valence-corrected chi connectivity index (χ2v) is 7.00. The molecule has 0 aromatic carbocycles. The molecular formula is C15H30N2O. The van der Waals surface area contributed by atoms with E-state index >= 15 is 0 Å². The summed E-state index contributed by atoms with van der Waals surface area (Å²) >= 11 is 0. The van der Waals surface area contributed by atoms with E-state index in [1.165, 1.54) is 38.5 Å². The number of nitrogens with two attached hydrogens (primary N) is 1. The van der Waals surface area contributed by atoms with Crippen LogP contribution in [0.4, 0.5) is 0 Å². The van der Waals surface area contributed by atoms with Crippen LogP contribution in [0, 0.1) is 5.92 Å². The number of fused-ring (bicyclic) bond motifs is 1. The zero-order valence-corrected chi connectivity index (χ0v) is 12.5. The van der Waals surface area contributed by atoms with Gasteiger partial charge in [-0.3, -0.25) is 4.90 Å². The van der Waals surface area contributed by atoms with Crippen molar-refractivity contribution in [1.82, 2.24) is 4.90 Å². The average Bonchev–Trinajstić information content (AvgIpc) is 2.44. The highest BCUT2D eigenvalue weighted by molar-refractivity contribution is 5.04. The van der Waals surface area contributed by atoms with Crippen molar-refractivity contribution in [2.45, 2.75) is 69.5 Å². The fraction of sp³-hybridized carbons (Fsp3) is 1.00. The van der Waals surface area contributed by atoms with E-state index in [1.54, 1.807) is 0 Å². The molecule has 2 N–H and O–H groups in total. The van der Waals surface area contributed by atoms with E-state index in [9.17, 15) is 0 Å². The molecule has 3 nitrogen and oxygen atoms in total. The molecule has 0 aromatic heterocycles. The van der Waals surface area contributed by atoms with E-state index in [2.05, 4.69) is 25.8 Å². The number of hydrogen-bond donors (Lipinski definition) is 1. The minimum atomic E-state index is 0.0177. The van der Waals surface area contributed by atoms with Gasteiger partial charge in [-0.2, -0.15) is 0 Å². The molecule has 2 rings (SSSR count). The number of nitrogens with zero attached hydrogens (tertiary/aromatic N) is 1. The molecular weight excluding hydrogens is 224 g/mol. The molecule has 1 saturated carbocycles. The third-order valence-electron chi connectivity index (χ3n) is 5.58. The average molecular weight is 254 g/mol. The van der Waals surface area contributed by atoms with E-state index in [4.69, 9.17) is 10.5 Å². The van der Waals surface area contributed by atoms with Crippen LogP contribution in [0.3, 0.4) is 0 Å². The van der Waals surface area contributed by atoms with Gasteiger partial charge in [-0.25, -0.2) is 0 Å². The molecule has 1 heterocycles. The SMILES string of the molecule is COCC1(C)CCC2C(CCCCC2(C)N)N1C. The minimum absolute atomic E-state index is 0.0177. The number of rotatable bonds is 2. The molecule has 1 aliphatic carbocycles. The second-order valence-electron chi connectivity index (χ2n) is 7.00. The van der Waals surface area contributed by atoms with Crippen molar-refractivity contribution in [1.29, 1.82) is 0 Å². The first-order valence-corrected chi connectivity index (χ1v) is 7.41. The summed E-state index contributed by atoms with van der Waals surface area (Å²) in [5, 5.41) is 0. The van der Waals surface area contributed by atoms with Crippen LogP contribution >= 0.6 is 0 Å². The summed E-state index contributed by atoms with van der Waals surface area (Å²) in [5.74, 6) is 0.648. The maximum atomic E-state index is 6.60. The quantitative estimate of drug-likeness (QED) is 0.822. The Balaban J connectivity index is 2.20. The molecule has 4 unspecified atom stereocenters. The maximum absolute atomic E-state index is 6.60. The van der Waals surface area contributed by atoms with Crippen LogP contribution in [0.5, 0.6) is 0 Å². The molecule has 3 heteroatoms. The van der Waals surface area contributed by atoms with Gasteiger partial charge >= 0.3 is 0 Å². The molecule has 1 saturated heterocycles. The van der Waals surface area contributed by atoms with Gasteiger partial charge in [0.05, 0.1) is 6.61 Å². The number of likely N-dealkylation sites (tertiary alicyclic amines) is 1. The van der Waals surface area contributed by atoms with Crippen molar-refractivity contribution in [3.8, 4) is 0 Å². The van der Waals surface area contributed by atoms with Crippen molar-refractivity contribution in [2.75, 3.05) is 20.8 Å². The number of likely N-dealkylation sites (N-methyl/N-ethyl adjacent to an activating group) is 1. The van der Waals surface area contributed by atoms with Crippen LogP contribution in [0.2, 0.25) is 0 Å². The van der Waals surface area contributed by atoms with E-state index in [1.807, 2.05) is 7.11 Å². The van der Waals surface area contributed by atoms with Gasteiger partial charge < -0.3 is 10.5 Å². The Morgan fingerprint density at radius 3 is 2.61 bits per heavy atom. The van der Waals surface area contributed by atoms with Crippen LogP contribution in [-0.2, 0) is 4.74 Å². The molecule has 4 atom stereocenters. The van der Waals surface area contributed by atoms with Crippen LogP contribution in [0.1, 0.15) is 52.4 Å². The summed E-state index contributed by atoms with van der Waals surface area (Å²) in [6, 6.07) is 0.636. The summed E-state index contributed by atoms with van der Waals surface area (Å²) in [6.07, 6.45) is 7.54. The zero-order valence-electron chi connectivity index (χ0n) is 12.5. The van der Waals surface area contributed by atoms with E-state index in [-0.39, 0.29) is 11.1 Å². The lowest BCUT2D eigenvalue weighted by Crippen LogP contribution is -2.63. The van der Waals surface area contributed by atoms with Gasteiger partial charge in [0.25, 0.3) is 0 Å². The smallest absolute Gasteiger partial charge is 0.0643 e. The highest BCUT2D eigenvalue weighted by atomic mass is 16.5. The molecule has 2 aliphatic rings. The van der Waals surface area contributed by atoms with Crippen molar-refractivity contribution in [3.63, 3.8) is 0 Å². The Bertz CT molecular complexity index is 292. The highest BCUT2D eigenvalue weighted by Crippen LogP contribution is 2.43. The number of hydrogen-bond acceptors (Lipinski definition) is 3. The van der Waals surface area contributed by atoms with E-state index < -0.39 is 0 Å². The fourth-order valence-electron chi connectivity index (χ4n) is 4.20. The molecule has 18 heavy (non-hydrogen) atoms. The standard InChI is InChI=1S/C15H30N2O/c1-14(11-18-4)10-8-12-13(17(14)3)7-5-6-9-15(12,2)16/h12-13H,5-11,16H2,1-4H3. The normalized spacial score (nSPS) is 46.5. The van der Waals surface area contributed by atoms with Crippen LogP contribution in [0.25, 0.3) is 0 Å². The van der Waals surface area contributed by atoms with Gasteiger partial charge in [-0.05, 0) is 52.5 Å². The predicted octanol–water partition coefficient (Wildman–Crippen LogP) is 2.39. The topological polar surface area (TPSA) is 38.5 Å².